The highest BCUT2D eigenvalue weighted by Gasteiger charge is 2.74. The lowest BCUT2D eigenvalue weighted by Gasteiger charge is -2.65. The van der Waals surface area contributed by atoms with Gasteiger partial charge in [-0.3, -0.25) is 0 Å². The molecule has 1 aliphatic rings. The Bertz CT molecular complexity index is 828. The zero-order valence-electron chi connectivity index (χ0n) is 27.9. The molecule has 0 aliphatic carbocycles. The Balaban J connectivity index is 4.20. The van der Waals surface area contributed by atoms with Crippen LogP contribution >= 0.6 is 0 Å². The molecule has 1 aliphatic heterocycles. The van der Waals surface area contributed by atoms with Gasteiger partial charge < -0.3 is 17.1 Å². The highest BCUT2D eigenvalue weighted by atomic mass is 30.1. The van der Waals surface area contributed by atoms with Crippen molar-refractivity contribution in [1.82, 2.24) is 0 Å². The minimum absolute atomic E-state index is 0.0370. The first-order valence-corrected chi connectivity index (χ1v) is 38.2. The number of carbonyl (C=O) groups excluding carboxylic acids is 1. The Morgan fingerprint density at radius 1 is 0.895 bits per heavy atom. The van der Waals surface area contributed by atoms with E-state index in [2.05, 4.69) is 109 Å². The summed E-state index contributed by atoms with van der Waals surface area (Å²) in [6.07, 6.45) is 0. The van der Waals surface area contributed by atoms with Crippen LogP contribution < -0.4 is 0 Å². The molecule has 0 amide bonds. The zero-order valence-corrected chi connectivity index (χ0v) is 36.3. The van der Waals surface area contributed by atoms with Gasteiger partial charge in [-0.15, -0.1) is 0 Å². The molecule has 0 N–H and O–H groups in total. The van der Waals surface area contributed by atoms with Crippen LogP contribution in [0, 0.1) is 23.2 Å². The van der Waals surface area contributed by atoms with Gasteiger partial charge in [-0.05, 0) is 72.0 Å². The van der Waals surface area contributed by atoms with Crippen molar-refractivity contribution in [2.24, 2.45) is 23.2 Å². The first-order valence-electron chi connectivity index (χ1n) is 14.9. The maximum absolute atomic E-state index is 13.4. The molecule has 1 saturated heterocycles. The molecular formula is C26H62O5Si7. The third kappa shape index (κ3) is 7.14. The van der Waals surface area contributed by atoms with E-state index in [0.29, 0.717) is 14.1 Å². The highest BCUT2D eigenvalue weighted by Crippen LogP contribution is 2.67. The molecule has 0 spiro atoms. The van der Waals surface area contributed by atoms with Crippen molar-refractivity contribution in [3.8, 4) is 0 Å². The summed E-state index contributed by atoms with van der Waals surface area (Å²) >= 11 is 0. The van der Waals surface area contributed by atoms with E-state index < -0.39 is 49.6 Å². The summed E-state index contributed by atoms with van der Waals surface area (Å²) in [6, 6.07) is 1.02. The van der Waals surface area contributed by atoms with Crippen LogP contribution in [0.25, 0.3) is 0 Å². The van der Waals surface area contributed by atoms with E-state index >= 15 is 0 Å². The molecule has 0 radical (unpaired) electrons. The van der Waals surface area contributed by atoms with Crippen molar-refractivity contribution < 1.29 is 21.9 Å². The summed E-state index contributed by atoms with van der Waals surface area (Å²) < 4.78 is 29.3. The Kier molecular flexibility index (Phi) is 12.4. The van der Waals surface area contributed by atoms with Gasteiger partial charge in [0.2, 0.25) is 0 Å². The number of carbonyl (C=O) groups is 1. The fourth-order valence-electron chi connectivity index (χ4n) is 6.45. The van der Waals surface area contributed by atoms with Crippen molar-refractivity contribution in [3.63, 3.8) is 0 Å². The number of hydrogen-bond acceptors (Lipinski definition) is 5. The maximum Gasteiger partial charge on any atom is 0.475 e. The first-order chi connectivity index (χ1) is 17.0. The summed E-state index contributed by atoms with van der Waals surface area (Å²) in [7, 11) is -8.13. The lowest BCUT2D eigenvalue weighted by Crippen LogP contribution is -2.75. The molecule has 2 unspecified atom stereocenters. The largest absolute Gasteiger partial charge is 0.475 e. The second-order valence-corrected chi connectivity index (χ2v) is 62.7. The van der Waals surface area contributed by atoms with E-state index in [-0.39, 0.29) is 40.8 Å². The minimum atomic E-state index is -3.26. The average molecular weight is 651 g/mol. The number of hydrogen-bond donors (Lipinski definition) is 0. The predicted octanol–water partition coefficient (Wildman–Crippen LogP) is 4.71. The van der Waals surface area contributed by atoms with E-state index in [1.807, 2.05) is 0 Å². The minimum Gasteiger partial charge on any atom is -0.455 e. The molecule has 5 nitrogen and oxygen atoms in total. The van der Waals surface area contributed by atoms with Crippen LogP contribution in [0.1, 0.15) is 76.2 Å². The SMILES string of the molecule is C=C(C)C(=O)OC(C(C)C)(C(C)C)C(C)(C(C)C)C(C)(C)[Si](O[SiH]1[SiH2][SiH2][SiH2]1)(O[Si](C)(C)C)O[Si](C)(C)CC. The molecule has 1 rings (SSSR count). The summed E-state index contributed by atoms with van der Waals surface area (Å²) in [5.74, 6) is 0.0229. The predicted molar refractivity (Wildman–Crippen MR) is 183 cm³/mol. The normalized spacial score (nSPS) is 22.7. The van der Waals surface area contributed by atoms with Gasteiger partial charge in [0.1, 0.15) is 13.7 Å². The van der Waals surface area contributed by atoms with Gasteiger partial charge in [0.25, 0.3) is 0 Å². The summed E-state index contributed by atoms with van der Waals surface area (Å²) in [5.41, 5.74) is -0.815. The van der Waals surface area contributed by atoms with Crippen LogP contribution in [0.15, 0.2) is 12.2 Å². The lowest BCUT2D eigenvalue weighted by atomic mass is 9.52. The maximum atomic E-state index is 13.4. The van der Waals surface area contributed by atoms with Crippen LogP contribution in [-0.2, 0) is 21.9 Å². The van der Waals surface area contributed by atoms with Crippen LogP contribution in [-0.4, -0.2) is 70.7 Å². The molecule has 2 atom stereocenters. The van der Waals surface area contributed by atoms with E-state index in [9.17, 15) is 4.79 Å². The number of esters is 1. The Morgan fingerprint density at radius 2 is 1.37 bits per heavy atom. The van der Waals surface area contributed by atoms with Crippen molar-refractivity contribution in [1.29, 1.82) is 0 Å². The summed E-state index contributed by atoms with van der Waals surface area (Å²) in [6.45, 7) is 40.0. The quantitative estimate of drug-likeness (QED) is 0.146. The third-order valence-corrected chi connectivity index (χ3v) is 97.0. The topological polar surface area (TPSA) is 54.0 Å². The van der Waals surface area contributed by atoms with E-state index in [1.165, 1.54) is 0 Å². The molecule has 224 valence electrons. The van der Waals surface area contributed by atoms with E-state index in [0.717, 1.165) is 6.04 Å². The number of rotatable bonds is 15. The van der Waals surface area contributed by atoms with E-state index in [1.54, 1.807) is 6.92 Å². The zero-order chi connectivity index (χ0) is 30.1. The fourth-order valence-corrected chi connectivity index (χ4v) is 64.1. The molecule has 0 bridgehead atoms. The van der Waals surface area contributed by atoms with E-state index in [4.69, 9.17) is 17.1 Å². The molecule has 0 aromatic heterocycles. The van der Waals surface area contributed by atoms with Crippen molar-refractivity contribution in [2.75, 3.05) is 0 Å². The Hall–Kier alpha value is 0.608. The summed E-state index contributed by atoms with van der Waals surface area (Å²) in [5, 5.41) is -0.481. The molecule has 12 heteroatoms. The second kappa shape index (κ2) is 12.9. The number of ether oxygens (including phenoxy) is 1. The molecule has 38 heavy (non-hydrogen) atoms. The Labute approximate surface area is 247 Å². The van der Waals surface area contributed by atoms with Crippen molar-refractivity contribution in [3.05, 3.63) is 12.2 Å². The Morgan fingerprint density at radius 3 is 1.66 bits per heavy atom. The van der Waals surface area contributed by atoms with Crippen LogP contribution in [0.2, 0.25) is 43.8 Å². The fraction of sp³-hybridized carbons (Fsp3) is 0.885. The van der Waals surface area contributed by atoms with Gasteiger partial charge in [-0.2, -0.15) is 0 Å². The molecule has 0 saturated carbocycles. The van der Waals surface area contributed by atoms with Crippen LogP contribution in [0.4, 0.5) is 0 Å². The van der Waals surface area contributed by atoms with Crippen molar-refractivity contribution >= 4 is 65.1 Å². The molecule has 0 aromatic carbocycles. The molecule has 0 aromatic rings. The standard InChI is InChI=1S/C26H62O5Si7/c1-18-37(16,17)31-38(30-36(13,14)15,29-35-33-32-34-35)24(10,11)25(12,20(4)5)26(21(6)7,22(8)9)28-23(27)19(2)3/h20-22,35H,2,18,32-34H2,1,3-17H3. The van der Waals surface area contributed by atoms with Crippen molar-refractivity contribution in [2.45, 2.75) is 126 Å². The van der Waals surface area contributed by atoms with Gasteiger partial charge in [0.05, 0.1) is 0 Å². The molecule has 1 heterocycles. The smallest absolute Gasteiger partial charge is 0.455 e. The summed E-state index contributed by atoms with van der Waals surface area (Å²) in [4.78, 5) is 13.4. The lowest BCUT2D eigenvalue weighted by molar-refractivity contribution is -0.216. The van der Waals surface area contributed by atoms with Crippen LogP contribution in [0.3, 0.4) is 0 Å². The molecule has 1 fully saturated rings. The monoisotopic (exact) mass is 650 g/mol. The van der Waals surface area contributed by atoms with Gasteiger partial charge in [-0.25, -0.2) is 4.79 Å². The van der Waals surface area contributed by atoms with Gasteiger partial charge in [0, 0.05) is 33.1 Å². The van der Waals surface area contributed by atoms with Gasteiger partial charge in [0.15, 0.2) is 16.6 Å². The van der Waals surface area contributed by atoms with Gasteiger partial charge in [-0.1, -0.05) is 75.8 Å². The third-order valence-electron chi connectivity index (χ3n) is 9.43. The molecular weight excluding hydrogens is 589 g/mol. The second-order valence-electron chi connectivity index (χ2n) is 14.9. The first kappa shape index (κ1) is 36.6. The van der Waals surface area contributed by atoms with Crippen LogP contribution in [0.5, 0.6) is 0 Å². The highest BCUT2D eigenvalue weighted by molar-refractivity contribution is 7.80. The van der Waals surface area contributed by atoms with Gasteiger partial charge >= 0.3 is 14.8 Å². The average Bonchev–Trinajstić information content (AvgIpc) is 2.71.